The third-order valence-corrected chi connectivity index (χ3v) is 11.4. The number of hydrogen-bond donors (Lipinski definition) is 0. The fourth-order valence-electron chi connectivity index (χ4n) is 3.22. The molecule has 0 amide bonds. The first kappa shape index (κ1) is 47.7. The second kappa shape index (κ2) is 39.0. The third kappa shape index (κ3) is 32.2. The monoisotopic (exact) mass is 734 g/mol. The molecule has 0 aliphatic heterocycles. The lowest BCUT2D eigenvalue weighted by atomic mass is 10.4. The zero-order valence-corrected chi connectivity index (χ0v) is 33.9. The van der Waals surface area contributed by atoms with E-state index in [2.05, 4.69) is 135 Å². The Labute approximate surface area is 316 Å². The van der Waals surface area contributed by atoms with E-state index in [1.807, 2.05) is 111 Å². The van der Waals surface area contributed by atoms with Gasteiger partial charge in [-0.2, -0.15) is 23.5 Å². The van der Waals surface area contributed by atoms with Crippen molar-refractivity contribution in [1.82, 2.24) is 0 Å². The van der Waals surface area contributed by atoms with Crippen LogP contribution in [-0.2, 0) is 0 Å². The molecule has 0 fully saturated rings. The second-order valence-electron chi connectivity index (χ2n) is 9.51. The Hall–Kier alpha value is -2.41. The standard InChI is InChI=1S/C25H28S5.C6H6.4C3H6/c1-26-17-24(29-22-13-7-3-8-14-22)18-27-19-25(30-23-15-9-4-10-16-23)20-28-21-11-5-2-6-12-21;1-2-4-6-5-3-1;4*1-3-2/h2-16,24-25H,17-20H2,1H3;1-6H;4*3H,1H2,2H3. The van der Waals surface area contributed by atoms with Crippen LogP contribution in [0, 0.1) is 0 Å². The Morgan fingerprint density at radius 3 is 1.02 bits per heavy atom. The number of thioether (sulfide) groups is 5. The van der Waals surface area contributed by atoms with Crippen molar-refractivity contribution in [3.8, 4) is 0 Å². The minimum absolute atomic E-state index is 0.597. The SMILES string of the molecule is C=CC.C=CC.C=CC.C=CC.CSCC(CSCC(CSc1ccccc1)Sc1ccccc1)Sc1ccccc1.c1ccccc1. The van der Waals surface area contributed by atoms with Crippen molar-refractivity contribution in [2.24, 2.45) is 0 Å². The van der Waals surface area contributed by atoms with Crippen LogP contribution in [0.4, 0.5) is 0 Å². The quantitative estimate of drug-likeness (QED) is 0.0988. The summed E-state index contributed by atoms with van der Waals surface area (Å²) in [5.41, 5.74) is 0. The van der Waals surface area contributed by atoms with Crippen molar-refractivity contribution in [3.05, 3.63) is 178 Å². The molecule has 0 saturated carbocycles. The van der Waals surface area contributed by atoms with E-state index in [4.69, 9.17) is 0 Å². The molecule has 4 aromatic carbocycles. The molecule has 4 rings (SSSR count). The highest BCUT2D eigenvalue weighted by atomic mass is 32.2. The first-order chi connectivity index (χ1) is 23.5. The summed E-state index contributed by atoms with van der Waals surface area (Å²) < 4.78 is 0. The summed E-state index contributed by atoms with van der Waals surface area (Å²) >= 11 is 10.1. The normalized spacial score (nSPS) is 10.3. The van der Waals surface area contributed by atoms with E-state index in [1.54, 1.807) is 24.3 Å². The largest absolute Gasteiger partial charge is 0.164 e. The molecule has 0 nitrogen and oxygen atoms in total. The molecule has 0 N–H and O–H groups in total. The Kier molecular flexibility index (Phi) is 38.8. The molecule has 4 aromatic rings. The Morgan fingerprint density at radius 2 is 0.708 bits per heavy atom. The Balaban J connectivity index is 0. The highest BCUT2D eigenvalue weighted by Crippen LogP contribution is 2.33. The van der Waals surface area contributed by atoms with Crippen LogP contribution < -0.4 is 0 Å². The molecule has 0 aromatic heterocycles. The molecule has 0 radical (unpaired) electrons. The lowest BCUT2D eigenvalue weighted by molar-refractivity contribution is 1.11. The predicted octanol–water partition coefficient (Wildman–Crippen LogP) is 14.7. The molecule has 2 atom stereocenters. The van der Waals surface area contributed by atoms with Crippen LogP contribution in [0.3, 0.4) is 0 Å². The molecule has 0 aliphatic carbocycles. The highest BCUT2D eigenvalue weighted by Gasteiger charge is 2.15. The maximum absolute atomic E-state index is 3.36. The summed E-state index contributed by atoms with van der Waals surface area (Å²) in [6.07, 6.45) is 9.22. The van der Waals surface area contributed by atoms with Gasteiger partial charge in [-0.3, -0.25) is 0 Å². The molecule has 0 bridgehead atoms. The van der Waals surface area contributed by atoms with Gasteiger partial charge in [-0.15, -0.1) is 61.6 Å². The third-order valence-electron chi connectivity index (χ3n) is 4.90. The maximum atomic E-state index is 3.36. The molecule has 48 heavy (non-hydrogen) atoms. The Morgan fingerprint density at radius 1 is 0.438 bits per heavy atom. The van der Waals surface area contributed by atoms with Crippen LogP contribution in [0.15, 0.2) is 193 Å². The minimum Gasteiger partial charge on any atom is -0.164 e. The zero-order valence-electron chi connectivity index (χ0n) is 29.8. The first-order valence-corrected chi connectivity index (χ1v) is 21.2. The molecular formula is C43H58S5. The molecule has 0 saturated heterocycles. The molecule has 0 spiro atoms. The molecule has 2 unspecified atom stereocenters. The fraction of sp³-hybridized carbons (Fsp3) is 0.256. The molecular weight excluding hydrogens is 677 g/mol. The van der Waals surface area contributed by atoms with Gasteiger partial charge in [-0.1, -0.05) is 115 Å². The van der Waals surface area contributed by atoms with Gasteiger partial charge < -0.3 is 0 Å². The van der Waals surface area contributed by atoms with Gasteiger partial charge in [0.05, 0.1) is 0 Å². The van der Waals surface area contributed by atoms with Crippen LogP contribution in [0.2, 0.25) is 0 Å². The number of hydrogen-bond acceptors (Lipinski definition) is 5. The van der Waals surface area contributed by atoms with Crippen molar-refractivity contribution in [2.75, 3.05) is 29.3 Å². The number of rotatable bonds is 13. The van der Waals surface area contributed by atoms with E-state index in [1.165, 1.54) is 31.9 Å². The summed E-state index contributed by atoms with van der Waals surface area (Å²) in [5, 5.41) is 1.25. The predicted molar refractivity (Wildman–Crippen MR) is 235 cm³/mol. The van der Waals surface area contributed by atoms with Gasteiger partial charge in [0.25, 0.3) is 0 Å². The lowest BCUT2D eigenvalue weighted by Gasteiger charge is -2.19. The van der Waals surface area contributed by atoms with E-state index in [0.29, 0.717) is 10.5 Å². The summed E-state index contributed by atoms with van der Waals surface area (Å²) in [5.74, 6) is 4.71. The second-order valence-corrected chi connectivity index (χ2v) is 15.3. The topological polar surface area (TPSA) is 0 Å². The maximum Gasteiger partial charge on any atom is 0.0279 e. The van der Waals surface area contributed by atoms with Crippen LogP contribution in [-0.4, -0.2) is 39.8 Å². The molecule has 260 valence electrons. The van der Waals surface area contributed by atoms with Crippen molar-refractivity contribution >= 4 is 58.8 Å². The summed E-state index contributed by atoms with van der Waals surface area (Å²) in [6, 6.07) is 44.5. The van der Waals surface area contributed by atoms with E-state index in [9.17, 15) is 0 Å². The van der Waals surface area contributed by atoms with Crippen LogP contribution in [0.1, 0.15) is 27.7 Å². The van der Waals surface area contributed by atoms with E-state index in [-0.39, 0.29) is 0 Å². The summed E-state index contributed by atoms with van der Waals surface area (Å²) in [4.78, 5) is 4.11. The van der Waals surface area contributed by atoms with Gasteiger partial charge in [-0.25, -0.2) is 0 Å². The van der Waals surface area contributed by atoms with Gasteiger partial charge in [0.15, 0.2) is 0 Å². The van der Waals surface area contributed by atoms with Crippen LogP contribution in [0.25, 0.3) is 0 Å². The number of benzene rings is 4. The van der Waals surface area contributed by atoms with Gasteiger partial charge in [-0.05, 0) is 70.3 Å². The van der Waals surface area contributed by atoms with Gasteiger partial charge in [0.2, 0.25) is 0 Å². The van der Waals surface area contributed by atoms with Crippen molar-refractivity contribution in [3.63, 3.8) is 0 Å². The fourth-order valence-corrected chi connectivity index (χ4v) is 9.43. The van der Waals surface area contributed by atoms with Gasteiger partial charge in [0, 0.05) is 48.2 Å². The van der Waals surface area contributed by atoms with E-state index < -0.39 is 0 Å². The van der Waals surface area contributed by atoms with E-state index >= 15 is 0 Å². The van der Waals surface area contributed by atoms with Crippen molar-refractivity contribution < 1.29 is 0 Å². The van der Waals surface area contributed by atoms with Crippen LogP contribution in [0.5, 0.6) is 0 Å². The summed E-state index contributed by atoms with van der Waals surface area (Å²) in [7, 11) is 0. The van der Waals surface area contributed by atoms with Crippen LogP contribution >= 0.6 is 58.8 Å². The molecule has 0 heterocycles. The van der Waals surface area contributed by atoms with E-state index in [0.717, 1.165) is 5.75 Å². The molecule has 0 aliphatic rings. The van der Waals surface area contributed by atoms with Crippen molar-refractivity contribution in [1.29, 1.82) is 0 Å². The van der Waals surface area contributed by atoms with Gasteiger partial charge >= 0.3 is 0 Å². The Bertz CT molecular complexity index is 1160. The zero-order chi connectivity index (χ0) is 35.9. The first-order valence-electron chi connectivity index (χ1n) is 16.0. The number of allylic oxidation sites excluding steroid dienone is 4. The average Bonchev–Trinajstić information content (AvgIpc) is 3.11. The molecule has 5 heteroatoms. The smallest absolute Gasteiger partial charge is 0.0279 e. The van der Waals surface area contributed by atoms with Crippen molar-refractivity contribution in [2.45, 2.75) is 52.9 Å². The lowest BCUT2D eigenvalue weighted by Crippen LogP contribution is -2.15. The minimum atomic E-state index is 0.597. The average molecular weight is 735 g/mol. The summed E-state index contributed by atoms with van der Waals surface area (Å²) in [6.45, 7) is 21.0. The van der Waals surface area contributed by atoms with Gasteiger partial charge in [0.1, 0.15) is 0 Å². The highest BCUT2D eigenvalue weighted by molar-refractivity contribution is 8.06.